The molecule has 0 aliphatic carbocycles. The zero-order valence-electron chi connectivity index (χ0n) is 14.7. The molecular formula is C19H17FN6O2. The molecule has 2 N–H and O–H groups in total. The third-order valence-corrected chi connectivity index (χ3v) is 4.44. The summed E-state index contributed by atoms with van der Waals surface area (Å²) in [6, 6.07) is 7.15. The molecule has 3 heterocycles. The van der Waals surface area contributed by atoms with Crippen LogP contribution < -0.4 is 10.2 Å². The van der Waals surface area contributed by atoms with E-state index < -0.39 is 18.1 Å². The Bertz CT molecular complexity index is 970. The lowest BCUT2D eigenvalue weighted by Gasteiger charge is -2.16. The van der Waals surface area contributed by atoms with E-state index in [1.807, 2.05) is 0 Å². The quantitative estimate of drug-likeness (QED) is 0.697. The SMILES string of the molecule is O=C(NC1CN(c2ncccn2)CC1O)c1cnc(-c2cccc(F)c2)nc1. The van der Waals surface area contributed by atoms with Crippen molar-refractivity contribution >= 4 is 11.9 Å². The molecule has 2 aromatic heterocycles. The van der Waals surface area contributed by atoms with E-state index in [-0.39, 0.29) is 11.4 Å². The van der Waals surface area contributed by atoms with Crippen molar-refractivity contribution in [2.75, 3.05) is 18.0 Å². The zero-order valence-corrected chi connectivity index (χ0v) is 14.7. The fraction of sp³-hybridized carbons (Fsp3) is 0.211. The van der Waals surface area contributed by atoms with Crippen LogP contribution in [0.4, 0.5) is 10.3 Å². The van der Waals surface area contributed by atoms with E-state index in [4.69, 9.17) is 0 Å². The summed E-state index contributed by atoms with van der Waals surface area (Å²) < 4.78 is 13.3. The second-order valence-corrected chi connectivity index (χ2v) is 6.41. The molecule has 8 nitrogen and oxygen atoms in total. The third kappa shape index (κ3) is 3.79. The summed E-state index contributed by atoms with van der Waals surface area (Å²) in [5.41, 5.74) is 0.776. The lowest BCUT2D eigenvalue weighted by molar-refractivity contribution is 0.0888. The van der Waals surface area contributed by atoms with Gasteiger partial charge in [0.25, 0.3) is 5.91 Å². The molecule has 2 atom stereocenters. The molecule has 9 heteroatoms. The van der Waals surface area contributed by atoms with Crippen LogP contribution in [0.3, 0.4) is 0 Å². The van der Waals surface area contributed by atoms with Gasteiger partial charge in [-0.2, -0.15) is 0 Å². The minimum Gasteiger partial charge on any atom is -0.389 e. The van der Waals surface area contributed by atoms with Gasteiger partial charge in [0.1, 0.15) is 5.82 Å². The van der Waals surface area contributed by atoms with Crippen molar-refractivity contribution < 1.29 is 14.3 Å². The average Bonchev–Trinajstić information content (AvgIpc) is 3.09. The number of amides is 1. The Labute approximate surface area is 160 Å². The summed E-state index contributed by atoms with van der Waals surface area (Å²) in [4.78, 5) is 30.9. The Balaban J connectivity index is 1.42. The first-order chi connectivity index (χ1) is 13.6. The second-order valence-electron chi connectivity index (χ2n) is 6.41. The van der Waals surface area contributed by atoms with Gasteiger partial charge in [-0.25, -0.2) is 24.3 Å². The number of hydrogen-bond donors (Lipinski definition) is 2. The van der Waals surface area contributed by atoms with Crippen molar-refractivity contribution in [3.8, 4) is 11.4 Å². The van der Waals surface area contributed by atoms with Gasteiger partial charge >= 0.3 is 0 Å². The van der Waals surface area contributed by atoms with E-state index >= 15 is 0 Å². The number of carbonyl (C=O) groups is 1. The molecule has 0 bridgehead atoms. The van der Waals surface area contributed by atoms with Crippen LogP contribution >= 0.6 is 0 Å². The predicted molar refractivity (Wildman–Crippen MR) is 98.9 cm³/mol. The number of benzene rings is 1. The molecule has 1 aromatic carbocycles. The Morgan fingerprint density at radius 1 is 1.11 bits per heavy atom. The first-order valence-corrected chi connectivity index (χ1v) is 8.69. The number of anilines is 1. The highest BCUT2D eigenvalue weighted by Crippen LogP contribution is 2.17. The lowest BCUT2D eigenvalue weighted by Crippen LogP contribution is -2.43. The van der Waals surface area contributed by atoms with Crippen LogP contribution in [0.5, 0.6) is 0 Å². The summed E-state index contributed by atoms with van der Waals surface area (Å²) in [5.74, 6) is 0.0428. The molecule has 0 spiro atoms. The van der Waals surface area contributed by atoms with Gasteiger partial charge in [-0.3, -0.25) is 4.79 Å². The van der Waals surface area contributed by atoms with Crippen molar-refractivity contribution in [2.45, 2.75) is 12.1 Å². The molecule has 1 amide bonds. The van der Waals surface area contributed by atoms with Gasteiger partial charge in [0, 0.05) is 43.4 Å². The molecule has 142 valence electrons. The number of aromatic nitrogens is 4. The number of carbonyl (C=O) groups excluding carboxylic acids is 1. The van der Waals surface area contributed by atoms with E-state index in [1.54, 1.807) is 35.5 Å². The normalized spacial score (nSPS) is 18.9. The topological polar surface area (TPSA) is 104 Å². The smallest absolute Gasteiger partial charge is 0.254 e. The van der Waals surface area contributed by atoms with Gasteiger partial charge in [0.2, 0.25) is 5.95 Å². The number of nitrogens with one attached hydrogen (secondary N) is 1. The summed E-state index contributed by atoms with van der Waals surface area (Å²) in [6.07, 6.45) is 5.25. The minimum absolute atomic E-state index is 0.252. The highest BCUT2D eigenvalue weighted by Gasteiger charge is 2.33. The van der Waals surface area contributed by atoms with Crippen molar-refractivity contribution in [2.24, 2.45) is 0 Å². The number of aliphatic hydroxyl groups is 1. The summed E-state index contributed by atoms with van der Waals surface area (Å²) in [7, 11) is 0. The van der Waals surface area contributed by atoms with Crippen LogP contribution in [0.25, 0.3) is 11.4 Å². The second kappa shape index (κ2) is 7.65. The van der Waals surface area contributed by atoms with Gasteiger partial charge in [0.05, 0.1) is 17.7 Å². The van der Waals surface area contributed by atoms with Crippen molar-refractivity contribution in [3.05, 3.63) is 66.5 Å². The summed E-state index contributed by atoms with van der Waals surface area (Å²) in [5, 5.41) is 13.0. The Kier molecular flexibility index (Phi) is 4.90. The van der Waals surface area contributed by atoms with Crippen LogP contribution in [0.1, 0.15) is 10.4 Å². The van der Waals surface area contributed by atoms with E-state index in [0.717, 1.165) is 0 Å². The summed E-state index contributed by atoms with van der Waals surface area (Å²) >= 11 is 0. The number of rotatable bonds is 4. The van der Waals surface area contributed by atoms with Crippen LogP contribution in [0, 0.1) is 5.82 Å². The summed E-state index contributed by atoms with van der Waals surface area (Å²) in [6.45, 7) is 0.711. The molecule has 28 heavy (non-hydrogen) atoms. The number of β-amino-alcohol motifs (C(OH)–C–C–N with tert-alkyl or cyclic N) is 1. The third-order valence-electron chi connectivity index (χ3n) is 4.44. The number of hydrogen-bond acceptors (Lipinski definition) is 7. The first kappa shape index (κ1) is 17.9. The van der Waals surface area contributed by atoms with Crippen molar-refractivity contribution in [1.29, 1.82) is 0 Å². The fourth-order valence-electron chi connectivity index (χ4n) is 3.02. The van der Waals surface area contributed by atoms with Gasteiger partial charge < -0.3 is 15.3 Å². The number of nitrogens with zero attached hydrogens (tertiary/aromatic N) is 5. The zero-order chi connectivity index (χ0) is 19.5. The van der Waals surface area contributed by atoms with Gasteiger partial charge in [-0.05, 0) is 18.2 Å². The number of halogens is 1. The van der Waals surface area contributed by atoms with E-state index in [0.29, 0.717) is 30.4 Å². The fourth-order valence-corrected chi connectivity index (χ4v) is 3.02. The van der Waals surface area contributed by atoms with Crippen molar-refractivity contribution in [1.82, 2.24) is 25.3 Å². The average molecular weight is 380 g/mol. The van der Waals surface area contributed by atoms with E-state index in [9.17, 15) is 14.3 Å². The standard InChI is InChI=1S/C19H17FN6O2/c20-14-4-1-3-12(7-14)17-23-8-13(9-24-17)18(28)25-15-10-26(11-16(15)27)19-21-5-2-6-22-19/h1-9,15-16,27H,10-11H2,(H,25,28). The molecule has 1 fully saturated rings. The highest BCUT2D eigenvalue weighted by atomic mass is 19.1. The molecule has 0 radical (unpaired) electrons. The van der Waals surface area contributed by atoms with Gasteiger partial charge in [-0.1, -0.05) is 12.1 Å². The maximum Gasteiger partial charge on any atom is 0.254 e. The Hall–Kier alpha value is -3.46. The van der Waals surface area contributed by atoms with Crippen LogP contribution in [0.15, 0.2) is 55.1 Å². The monoisotopic (exact) mass is 380 g/mol. The Morgan fingerprint density at radius 3 is 2.57 bits per heavy atom. The maximum absolute atomic E-state index is 13.3. The molecular weight excluding hydrogens is 363 g/mol. The van der Waals surface area contributed by atoms with Crippen LogP contribution in [-0.2, 0) is 0 Å². The number of aliphatic hydroxyl groups excluding tert-OH is 1. The lowest BCUT2D eigenvalue weighted by atomic mass is 10.2. The van der Waals surface area contributed by atoms with Gasteiger partial charge in [-0.15, -0.1) is 0 Å². The highest BCUT2D eigenvalue weighted by molar-refractivity contribution is 5.94. The molecule has 1 saturated heterocycles. The largest absolute Gasteiger partial charge is 0.389 e. The predicted octanol–water partition coefficient (Wildman–Crippen LogP) is 1.05. The molecule has 0 saturated carbocycles. The molecule has 1 aliphatic heterocycles. The maximum atomic E-state index is 13.3. The molecule has 2 unspecified atom stereocenters. The van der Waals surface area contributed by atoms with Crippen LogP contribution in [0.2, 0.25) is 0 Å². The van der Waals surface area contributed by atoms with Crippen LogP contribution in [-0.4, -0.2) is 56.2 Å². The van der Waals surface area contributed by atoms with Gasteiger partial charge in [0.15, 0.2) is 5.82 Å². The Morgan fingerprint density at radius 2 is 1.86 bits per heavy atom. The van der Waals surface area contributed by atoms with E-state index in [1.165, 1.54) is 24.5 Å². The first-order valence-electron chi connectivity index (χ1n) is 8.69. The molecule has 4 rings (SSSR count). The molecule has 3 aromatic rings. The van der Waals surface area contributed by atoms with Crippen molar-refractivity contribution in [3.63, 3.8) is 0 Å². The van der Waals surface area contributed by atoms with E-state index in [2.05, 4.69) is 25.3 Å². The molecule has 1 aliphatic rings. The minimum atomic E-state index is -0.750.